The van der Waals surface area contributed by atoms with Gasteiger partial charge in [-0.05, 0) is 35.9 Å². The number of benzene rings is 3. The van der Waals surface area contributed by atoms with Gasteiger partial charge in [0.1, 0.15) is 5.75 Å². The molecule has 3 aromatic rings. The number of para-hydroxylation sites is 1. The van der Waals surface area contributed by atoms with Crippen LogP contribution in [0.3, 0.4) is 0 Å². The molecule has 2 heterocycles. The molecular weight excluding hydrogens is 440 g/mol. The predicted molar refractivity (Wildman–Crippen MR) is 132 cm³/mol. The number of thiocarbonyl (C=S) groups is 1. The summed E-state index contributed by atoms with van der Waals surface area (Å²) >= 11 is 6.69. The number of methoxy groups -OCH3 is 1. The van der Waals surface area contributed by atoms with Gasteiger partial charge < -0.3 is 9.64 Å². The van der Waals surface area contributed by atoms with Crippen LogP contribution in [-0.4, -0.2) is 23.2 Å². The molecule has 0 atom stereocenters. The summed E-state index contributed by atoms with van der Waals surface area (Å²) in [5.74, 6) is 0.212. The lowest BCUT2D eigenvalue weighted by Gasteiger charge is -2.17. The molecule has 5 nitrogen and oxygen atoms in total. The zero-order chi connectivity index (χ0) is 22.2. The van der Waals surface area contributed by atoms with Gasteiger partial charge in [0.05, 0.1) is 35.5 Å². The molecule has 0 unspecified atom stereocenters. The third-order valence-electron chi connectivity index (χ3n) is 5.43. The van der Waals surface area contributed by atoms with E-state index in [0.29, 0.717) is 32.8 Å². The van der Waals surface area contributed by atoms with Crippen LogP contribution < -0.4 is 14.5 Å². The fraction of sp³-hybridized carbons (Fsp3) is 0.0800. The highest BCUT2D eigenvalue weighted by atomic mass is 32.2. The number of carbonyl (C=O) groups is 2. The van der Waals surface area contributed by atoms with Crippen LogP contribution in [0.4, 0.5) is 11.4 Å². The van der Waals surface area contributed by atoms with Gasteiger partial charge in [-0.2, -0.15) is 0 Å². The Morgan fingerprint density at radius 2 is 1.56 bits per heavy atom. The Labute approximate surface area is 195 Å². The van der Waals surface area contributed by atoms with E-state index in [1.165, 1.54) is 16.7 Å². The van der Waals surface area contributed by atoms with Crippen LogP contribution in [0.2, 0.25) is 0 Å². The summed E-state index contributed by atoms with van der Waals surface area (Å²) in [7, 11) is 1.59. The Hall–Kier alpha value is -3.42. The number of anilines is 2. The summed E-state index contributed by atoms with van der Waals surface area (Å²) in [6.45, 7) is 0.430. The quantitative estimate of drug-likeness (QED) is 0.406. The number of fused-ring (bicyclic) bond motifs is 1. The minimum atomic E-state index is -0.287. The lowest BCUT2D eigenvalue weighted by atomic mass is 10.1. The molecule has 158 valence electrons. The van der Waals surface area contributed by atoms with Crippen LogP contribution in [0.5, 0.6) is 5.75 Å². The van der Waals surface area contributed by atoms with E-state index in [0.717, 1.165) is 16.8 Å². The van der Waals surface area contributed by atoms with Crippen LogP contribution in [-0.2, 0) is 16.1 Å². The van der Waals surface area contributed by atoms with E-state index in [2.05, 4.69) is 0 Å². The van der Waals surface area contributed by atoms with Gasteiger partial charge in [-0.25, -0.2) is 0 Å². The maximum absolute atomic E-state index is 13.6. The van der Waals surface area contributed by atoms with Gasteiger partial charge in [-0.3, -0.25) is 14.5 Å². The zero-order valence-corrected chi connectivity index (χ0v) is 18.8. The third-order valence-corrected chi connectivity index (χ3v) is 6.81. The van der Waals surface area contributed by atoms with Crippen molar-refractivity contribution in [2.24, 2.45) is 0 Å². The molecule has 3 aromatic carbocycles. The van der Waals surface area contributed by atoms with E-state index in [-0.39, 0.29) is 11.8 Å². The Kier molecular flexibility index (Phi) is 5.28. The van der Waals surface area contributed by atoms with E-state index in [4.69, 9.17) is 17.0 Å². The summed E-state index contributed by atoms with van der Waals surface area (Å²) in [5.41, 5.74) is 3.62. The molecule has 0 bridgehead atoms. The second kappa shape index (κ2) is 8.26. The number of carbonyl (C=O) groups excluding carboxylic acids is 2. The maximum Gasteiger partial charge on any atom is 0.271 e. The van der Waals surface area contributed by atoms with Crippen molar-refractivity contribution >= 4 is 57.1 Å². The Bertz CT molecular complexity index is 1270. The summed E-state index contributed by atoms with van der Waals surface area (Å²) in [6.07, 6.45) is 0. The van der Waals surface area contributed by atoms with Crippen molar-refractivity contribution in [2.45, 2.75) is 6.54 Å². The summed E-state index contributed by atoms with van der Waals surface area (Å²) in [6, 6.07) is 24.5. The van der Waals surface area contributed by atoms with Crippen molar-refractivity contribution in [3.63, 3.8) is 0 Å². The Balaban J connectivity index is 1.55. The van der Waals surface area contributed by atoms with Crippen molar-refractivity contribution in [1.82, 2.24) is 0 Å². The van der Waals surface area contributed by atoms with Gasteiger partial charge in [0.25, 0.3) is 11.8 Å². The van der Waals surface area contributed by atoms with Crippen molar-refractivity contribution in [3.05, 3.63) is 94.9 Å². The summed E-state index contributed by atoms with van der Waals surface area (Å²) in [5, 5.41) is 0. The monoisotopic (exact) mass is 458 g/mol. The lowest BCUT2D eigenvalue weighted by molar-refractivity contribution is -0.115. The SMILES string of the molecule is COc1ccc(N2C(=O)C(=C3C(=O)N(Cc4ccccc4)c4ccccc43)SC2=S)cc1. The number of hydrogen-bond donors (Lipinski definition) is 0. The first-order valence-electron chi connectivity index (χ1n) is 9.98. The molecule has 0 aliphatic carbocycles. The minimum absolute atomic E-state index is 0.190. The molecule has 0 saturated carbocycles. The van der Waals surface area contributed by atoms with Gasteiger partial charge in [-0.1, -0.05) is 72.5 Å². The lowest BCUT2D eigenvalue weighted by Crippen LogP contribution is -2.29. The molecule has 1 fully saturated rings. The molecule has 2 aliphatic heterocycles. The summed E-state index contributed by atoms with van der Waals surface area (Å²) < 4.78 is 5.60. The fourth-order valence-corrected chi connectivity index (χ4v) is 5.27. The first-order valence-corrected chi connectivity index (χ1v) is 11.2. The number of hydrogen-bond acceptors (Lipinski definition) is 5. The first-order chi connectivity index (χ1) is 15.6. The molecule has 2 amide bonds. The average Bonchev–Trinajstić information content (AvgIpc) is 3.26. The standard InChI is InChI=1S/C25H18N2O3S2/c1-30-18-13-11-17(12-14-18)27-24(29)22(32-25(27)31)21-19-9-5-6-10-20(19)26(23(21)28)15-16-7-3-2-4-8-16/h2-14H,15H2,1H3. The minimum Gasteiger partial charge on any atom is -0.497 e. The van der Waals surface area contributed by atoms with E-state index in [1.54, 1.807) is 36.3 Å². The van der Waals surface area contributed by atoms with E-state index < -0.39 is 0 Å². The second-order valence-corrected chi connectivity index (χ2v) is 8.95. The molecule has 32 heavy (non-hydrogen) atoms. The number of nitrogens with zero attached hydrogens (tertiary/aromatic N) is 2. The molecule has 0 N–H and O–H groups in total. The zero-order valence-electron chi connectivity index (χ0n) is 17.1. The van der Waals surface area contributed by atoms with Gasteiger partial charge in [-0.15, -0.1) is 0 Å². The fourth-order valence-electron chi connectivity index (χ4n) is 3.90. The van der Waals surface area contributed by atoms with Crippen LogP contribution in [0, 0.1) is 0 Å². The van der Waals surface area contributed by atoms with Crippen LogP contribution in [0.1, 0.15) is 11.1 Å². The molecule has 0 aromatic heterocycles. The van der Waals surface area contributed by atoms with Gasteiger partial charge in [0.2, 0.25) is 0 Å². The highest BCUT2D eigenvalue weighted by Crippen LogP contribution is 2.46. The van der Waals surface area contributed by atoms with Crippen molar-refractivity contribution in [2.75, 3.05) is 16.9 Å². The van der Waals surface area contributed by atoms with Crippen LogP contribution in [0.15, 0.2) is 83.8 Å². The topological polar surface area (TPSA) is 49.9 Å². The van der Waals surface area contributed by atoms with Gasteiger partial charge >= 0.3 is 0 Å². The molecule has 2 aliphatic rings. The van der Waals surface area contributed by atoms with E-state index in [1.807, 2.05) is 54.6 Å². The maximum atomic E-state index is 13.6. The normalized spacial score (nSPS) is 17.8. The highest BCUT2D eigenvalue weighted by Gasteiger charge is 2.42. The number of rotatable bonds is 4. The van der Waals surface area contributed by atoms with Crippen LogP contribution in [0.25, 0.3) is 5.57 Å². The van der Waals surface area contributed by atoms with E-state index >= 15 is 0 Å². The van der Waals surface area contributed by atoms with E-state index in [9.17, 15) is 9.59 Å². The third kappa shape index (κ3) is 3.39. The first kappa shape index (κ1) is 20.5. The summed E-state index contributed by atoms with van der Waals surface area (Å²) in [4.78, 5) is 30.5. The van der Waals surface area contributed by atoms with Gasteiger partial charge in [0, 0.05) is 5.56 Å². The Morgan fingerprint density at radius 3 is 2.28 bits per heavy atom. The largest absolute Gasteiger partial charge is 0.497 e. The smallest absolute Gasteiger partial charge is 0.271 e. The molecular formula is C25H18N2O3S2. The van der Waals surface area contributed by atoms with Crippen molar-refractivity contribution in [3.8, 4) is 5.75 Å². The van der Waals surface area contributed by atoms with Crippen LogP contribution >= 0.6 is 24.0 Å². The highest BCUT2D eigenvalue weighted by molar-refractivity contribution is 8.27. The number of ether oxygens (including phenoxy) is 1. The molecule has 0 radical (unpaired) electrons. The second-order valence-electron chi connectivity index (χ2n) is 7.30. The average molecular weight is 459 g/mol. The van der Waals surface area contributed by atoms with Crippen molar-refractivity contribution in [1.29, 1.82) is 0 Å². The number of amides is 2. The predicted octanol–water partition coefficient (Wildman–Crippen LogP) is 5.02. The molecule has 7 heteroatoms. The van der Waals surface area contributed by atoms with Crippen molar-refractivity contribution < 1.29 is 14.3 Å². The number of thioether (sulfide) groups is 1. The molecule has 1 saturated heterocycles. The van der Waals surface area contributed by atoms with Gasteiger partial charge in [0.15, 0.2) is 4.32 Å². The molecule has 5 rings (SSSR count). The Morgan fingerprint density at radius 1 is 0.875 bits per heavy atom. The molecule has 0 spiro atoms.